The topological polar surface area (TPSA) is 231 Å². The van der Waals surface area contributed by atoms with Crippen molar-refractivity contribution in [2.24, 2.45) is 0 Å². The number of phosphoric acid groups is 2. The predicted octanol–water partition coefficient (Wildman–Crippen LogP) is 23.4. The Labute approximate surface area is 625 Å². The SMILES string of the molecule is CC/C=C\C/C=C\C/C=C\C/C=C\C/C=C\CCCCCCCCCCCCCCCCCCCC(=O)OCC(O)COP(=O)(O)OCC(O)COP(=O)(O)OCC(COC(=O)CCCCCC/C=C\C/C=C\C/C=C\C/C=C\CC)OC(=O)CCCCCC/C=C\C/C=C\C/C=C\C/C=C\CC. The summed E-state index contributed by atoms with van der Waals surface area (Å²) in [6.45, 7) is 2.28. The number of carbonyl (C=O) groups is 3. The molecule has 0 aromatic carbocycles. The number of hydrogen-bond donors (Lipinski definition) is 4. The van der Waals surface area contributed by atoms with Crippen molar-refractivity contribution in [3.05, 3.63) is 158 Å². The van der Waals surface area contributed by atoms with Crippen LogP contribution in [-0.4, -0.2) is 95.9 Å². The van der Waals surface area contributed by atoms with Crippen molar-refractivity contribution < 1.29 is 75.8 Å². The third-order valence-electron chi connectivity index (χ3n) is 16.2. The zero-order chi connectivity index (χ0) is 75.2. The Kier molecular flexibility index (Phi) is 73.2. The van der Waals surface area contributed by atoms with Crippen LogP contribution in [0.5, 0.6) is 0 Å². The second-order valence-corrected chi connectivity index (χ2v) is 29.0. The first-order chi connectivity index (χ1) is 50.2. The molecular formula is C85H142O16P2. The smallest absolute Gasteiger partial charge is 0.463 e. The van der Waals surface area contributed by atoms with Gasteiger partial charge in [-0.2, -0.15) is 0 Å². The van der Waals surface area contributed by atoms with Gasteiger partial charge in [0.2, 0.25) is 0 Å². The average molecular weight is 1480 g/mol. The Morgan fingerprint density at radius 2 is 0.485 bits per heavy atom. The fourth-order valence-electron chi connectivity index (χ4n) is 10.3. The van der Waals surface area contributed by atoms with Crippen LogP contribution in [0.1, 0.15) is 303 Å². The summed E-state index contributed by atoms with van der Waals surface area (Å²) in [7, 11) is -9.81. The van der Waals surface area contributed by atoms with Crippen LogP contribution in [0.3, 0.4) is 0 Å². The third-order valence-corrected chi connectivity index (χ3v) is 18.1. The molecule has 5 unspecified atom stereocenters. The van der Waals surface area contributed by atoms with Crippen LogP contribution in [-0.2, 0) is 55.8 Å². The van der Waals surface area contributed by atoms with Gasteiger partial charge in [-0.05, 0) is 141 Å². The number of hydrogen-bond acceptors (Lipinski definition) is 14. The van der Waals surface area contributed by atoms with Crippen LogP contribution in [0.15, 0.2) is 158 Å². The van der Waals surface area contributed by atoms with Crippen LogP contribution in [0, 0.1) is 0 Å². The summed E-state index contributed by atoms with van der Waals surface area (Å²) in [5.74, 6) is -1.63. The Balaban J connectivity index is 4.48. The van der Waals surface area contributed by atoms with Crippen LogP contribution in [0.25, 0.3) is 0 Å². The van der Waals surface area contributed by atoms with Gasteiger partial charge in [-0.1, -0.05) is 301 Å². The third kappa shape index (κ3) is 78.1. The lowest BCUT2D eigenvalue weighted by Crippen LogP contribution is -2.30. The number of aliphatic hydroxyl groups is 2. The fourth-order valence-corrected chi connectivity index (χ4v) is 11.9. The summed E-state index contributed by atoms with van der Waals surface area (Å²) in [5.41, 5.74) is 0. The molecular weight excluding hydrogens is 1340 g/mol. The molecule has 0 radical (unpaired) electrons. The summed E-state index contributed by atoms with van der Waals surface area (Å²) < 4.78 is 61.1. The number of allylic oxidation sites excluding steroid dienone is 26. The molecule has 0 aliphatic heterocycles. The summed E-state index contributed by atoms with van der Waals surface area (Å²) in [5, 5.41) is 20.6. The van der Waals surface area contributed by atoms with Crippen molar-refractivity contribution in [3.8, 4) is 0 Å². The Morgan fingerprint density at radius 1 is 0.272 bits per heavy atom. The first kappa shape index (κ1) is 98.2. The van der Waals surface area contributed by atoms with E-state index in [0.29, 0.717) is 19.3 Å². The van der Waals surface area contributed by atoms with E-state index < -0.39 is 91.5 Å². The van der Waals surface area contributed by atoms with Crippen molar-refractivity contribution in [3.63, 3.8) is 0 Å². The van der Waals surface area contributed by atoms with E-state index in [0.717, 1.165) is 154 Å². The van der Waals surface area contributed by atoms with Crippen molar-refractivity contribution in [1.29, 1.82) is 0 Å². The lowest BCUT2D eigenvalue weighted by Gasteiger charge is -2.21. The molecule has 5 atom stereocenters. The molecule has 4 N–H and O–H groups in total. The minimum absolute atomic E-state index is 0.0664. The van der Waals surface area contributed by atoms with E-state index in [4.69, 9.17) is 32.3 Å². The maximum Gasteiger partial charge on any atom is 0.472 e. The Bertz CT molecular complexity index is 2500. The normalized spacial score (nSPS) is 14.8. The number of aliphatic hydroxyl groups excluding tert-OH is 2. The zero-order valence-corrected chi connectivity index (χ0v) is 66.0. The highest BCUT2D eigenvalue weighted by atomic mass is 31.2. The molecule has 0 aliphatic carbocycles. The monoisotopic (exact) mass is 1480 g/mol. The number of phosphoric ester groups is 2. The number of carbonyl (C=O) groups excluding carboxylic acids is 3. The molecule has 18 heteroatoms. The summed E-state index contributed by atoms with van der Waals surface area (Å²) >= 11 is 0. The van der Waals surface area contributed by atoms with E-state index in [9.17, 15) is 43.5 Å². The minimum Gasteiger partial charge on any atom is -0.463 e. The molecule has 0 bridgehead atoms. The molecule has 588 valence electrons. The fraction of sp³-hybridized carbons (Fsp3) is 0.659. The molecule has 0 amide bonds. The molecule has 0 saturated heterocycles. The van der Waals surface area contributed by atoms with Gasteiger partial charge in [0.25, 0.3) is 0 Å². The Hall–Kier alpha value is -4.83. The van der Waals surface area contributed by atoms with Gasteiger partial charge in [0, 0.05) is 19.3 Å². The van der Waals surface area contributed by atoms with Crippen molar-refractivity contribution in [1.82, 2.24) is 0 Å². The van der Waals surface area contributed by atoms with Crippen LogP contribution in [0.4, 0.5) is 0 Å². The lowest BCUT2D eigenvalue weighted by molar-refractivity contribution is -0.161. The molecule has 0 aromatic rings. The average Bonchev–Trinajstić information content (AvgIpc) is 0.915. The van der Waals surface area contributed by atoms with E-state index in [-0.39, 0.29) is 19.3 Å². The van der Waals surface area contributed by atoms with Crippen LogP contribution in [0.2, 0.25) is 0 Å². The maximum absolute atomic E-state index is 13.0. The maximum atomic E-state index is 13.0. The van der Waals surface area contributed by atoms with Crippen LogP contribution < -0.4 is 0 Å². The second-order valence-electron chi connectivity index (χ2n) is 26.1. The molecule has 0 heterocycles. The molecule has 0 aromatic heterocycles. The van der Waals surface area contributed by atoms with E-state index in [1.165, 1.54) is 89.9 Å². The molecule has 0 fully saturated rings. The van der Waals surface area contributed by atoms with E-state index >= 15 is 0 Å². The highest BCUT2D eigenvalue weighted by Crippen LogP contribution is 2.45. The largest absolute Gasteiger partial charge is 0.472 e. The molecule has 0 aliphatic rings. The molecule has 0 saturated carbocycles. The van der Waals surface area contributed by atoms with Gasteiger partial charge in [-0.3, -0.25) is 32.5 Å². The van der Waals surface area contributed by atoms with Gasteiger partial charge >= 0.3 is 33.6 Å². The van der Waals surface area contributed by atoms with E-state index in [1.54, 1.807) is 0 Å². The molecule has 0 rings (SSSR count). The summed E-state index contributed by atoms with van der Waals surface area (Å²) in [6, 6.07) is 0. The molecule has 103 heavy (non-hydrogen) atoms. The van der Waals surface area contributed by atoms with Crippen molar-refractivity contribution >= 4 is 33.6 Å². The zero-order valence-electron chi connectivity index (χ0n) is 64.2. The first-order valence-corrected chi connectivity index (χ1v) is 42.8. The van der Waals surface area contributed by atoms with Gasteiger partial charge < -0.3 is 34.2 Å². The van der Waals surface area contributed by atoms with E-state index in [2.05, 4.69) is 179 Å². The quantitative estimate of drug-likeness (QED) is 0.0146. The molecule has 0 spiro atoms. The lowest BCUT2D eigenvalue weighted by atomic mass is 10.0. The Morgan fingerprint density at radius 3 is 0.767 bits per heavy atom. The van der Waals surface area contributed by atoms with Crippen molar-refractivity contribution in [2.75, 3.05) is 39.6 Å². The van der Waals surface area contributed by atoms with Gasteiger partial charge in [-0.15, -0.1) is 0 Å². The number of esters is 3. The number of unbranched alkanes of at least 4 members (excludes halogenated alkanes) is 25. The first-order valence-electron chi connectivity index (χ1n) is 39.8. The highest BCUT2D eigenvalue weighted by molar-refractivity contribution is 7.47. The standard InChI is InChI=1S/C85H142O16P2/c1-4-7-10-13-16-19-22-25-28-31-32-33-34-35-36-37-38-39-40-41-42-43-44-45-46-49-51-53-56-59-62-65-68-71-83(88)95-74-80(86)75-97-102(91,92)98-76-81(87)77-99-103(93,94)100-79-82(101-85(90)73-70-67-64-61-58-55-52-48-30-27-24-21-18-15-12-9-6-3)78-96-84(89)72-69-66-63-60-57-54-50-47-29-26-23-20-17-14-11-8-5-2/h7-12,16-21,25-30,32-33,35-36,50,52,54-55,80-82,86-87H,4-6,13-15,22-24,31,34,37-49,51,53,56-79H2,1-3H3,(H,91,92)(H,93,94)/b10-7-,11-8-,12-9-,19-16-,20-17-,21-18-,28-25-,29-26-,30-27-,33-32-,36-35-,54-50-,55-52-. The highest BCUT2D eigenvalue weighted by Gasteiger charge is 2.29. The van der Waals surface area contributed by atoms with E-state index in [1.807, 2.05) is 0 Å². The predicted molar refractivity (Wildman–Crippen MR) is 426 cm³/mol. The number of ether oxygens (including phenoxy) is 3. The molecule has 16 nitrogen and oxygen atoms in total. The minimum atomic E-state index is -4.95. The van der Waals surface area contributed by atoms with Gasteiger partial charge in [0.1, 0.15) is 25.4 Å². The van der Waals surface area contributed by atoms with Gasteiger partial charge in [-0.25, -0.2) is 9.13 Å². The van der Waals surface area contributed by atoms with Crippen molar-refractivity contribution in [2.45, 2.75) is 322 Å². The number of rotatable bonds is 74. The summed E-state index contributed by atoms with van der Waals surface area (Å²) in [4.78, 5) is 58.6. The van der Waals surface area contributed by atoms with Crippen LogP contribution >= 0.6 is 15.6 Å². The van der Waals surface area contributed by atoms with Gasteiger partial charge in [0.05, 0.1) is 26.4 Å². The summed E-state index contributed by atoms with van der Waals surface area (Å²) in [6.07, 6.45) is 95.9. The van der Waals surface area contributed by atoms with Gasteiger partial charge in [0.15, 0.2) is 6.10 Å². The second kappa shape index (κ2) is 76.8.